The minimum absolute atomic E-state index is 0.0365. The molecule has 0 unspecified atom stereocenters. The Balaban J connectivity index is 1.65. The number of hydrogen-bond acceptors (Lipinski definition) is 4. The van der Waals surface area contributed by atoms with E-state index in [0.29, 0.717) is 19.4 Å². The van der Waals surface area contributed by atoms with Crippen molar-refractivity contribution in [1.29, 1.82) is 0 Å². The van der Waals surface area contributed by atoms with Crippen molar-refractivity contribution in [2.75, 3.05) is 19.7 Å². The Morgan fingerprint density at radius 1 is 0.967 bits per heavy atom. The average molecular weight is 433 g/mol. The topological polar surface area (TPSA) is 84.5 Å². The van der Waals surface area contributed by atoms with E-state index in [2.05, 4.69) is 30.8 Å². The molecule has 0 saturated carbocycles. The summed E-state index contributed by atoms with van der Waals surface area (Å²) in [5.74, 6) is 0.655. The van der Waals surface area contributed by atoms with E-state index in [0.717, 1.165) is 11.3 Å². The molecule has 0 saturated heterocycles. The monoisotopic (exact) mass is 432 g/mol. The largest absolute Gasteiger partial charge is 0.494 e. The smallest absolute Gasteiger partial charge is 0.240 e. The van der Waals surface area contributed by atoms with Gasteiger partial charge in [0.15, 0.2) is 0 Å². The van der Waals surface area contributed by atoms with E-state index >= 15 is 0 Å². The maximum atomic E-state index is 12.4. The normalized spacial score (nSPS) is 11.9. The van der Waals surface area contributed by atoms with E-state index in [9.17, 15) is 13.2 Å². The fraction of sp³-hybridized carbons (Fsp3) is 0.435. The fourth-order valence-corrected chi connectivity index (χ4v) is 3.78. The van der Waals surface area contributed by atoms with E-state index < -0.39 is 10.0 Å². The van der Waals surface area contributed by atoms with Gasteiger partial charge >= 0.3 is 0 Å². The van der Waals surface area contributed by atoms with Crippen molar-refractivity contribution in [3.05, 3.63) is 59.7 Å². The molecular weight excluding hydrogens is 400 g/mol. The first-order valence-corrected chi connectivity index (χ1v) is 11.6. The molecule has 0 aromatic heterocycles. The van der Waals surface area contributed by atoms with Crippen molar-refractivity contribution in [3.8, 4) is 5.75 Å². The number of ether oxygens (including phenoxy) is 1. The molecule has 2 aromatic rings. The van der Waals surface area contributed by atoms with Crippen molar-refractivity contribution < 1.29 is 17.9 Å². The number of carbonyl (C=O) groups excluding carboxylic acids is 1. The van der Waals surface area contributed by atoms with Gasteiger partial charge in [-0.1, -0.05) is 50.6 Å². The van der Waals surface area contributed by atoms with Gasteiger partial charge in [-0.05, 0) is 48.6 Å². The van der Waals surface area contributed by atoms with E-state index in [1.54, 1.807) is 12.1 Å². The first-order valence-electron chi connectivity index (χ1n) is 10.1. The van der Waals surface area contributed by atoms with Crippen LogP contribution < -0.4 is 14.8 Å². The molecule has 0 aliphatic carbocycles. The lowest BCUT2D eigenvalue weighted by Gasteiger charge is -2.19. The molecule has 0 aliphatic rings. The Bertz CT molecular complexity index is 915. The summed E-state index contributed by atoms with van der Waals surface area (Å²) in [4.78, 5) is 12.1. The van der Waals surface area contributed by atoms with Gasteiger partial charge < -0.3 is 10.1 Å². The minimum Gasteiger partial charge on any atom is -0.494 e. The van der Waals surface area contributed by atoms with Crippen LogP contribution in [0.25, 0.3) is 0 Å². The Morgan fingerprint density at radius 2 is 1.60 bits per heavy atom. The molecule has 1 amide bonds. The highest BCUT2D eigenvalue weighted by atomic mass is 32.2. The molecule has 0 aliphatic heterocycles. The number of rotatable bonds is 10. The lowest BCUT2D eigenvalue weighted by atomic mass is 9.87. The number of sulfonamides is 1. The Morgan fingerprint density at radius 3 is 2.20 bits per heavy atom. The van der Waals surface area contributed by atoms with E-state index in [-0.39, 0.29) is 29.3 Å². The molecule has 0 atom stereocenters. The summed E-state index contributed by atoms with van der Waals surface area (Å²) in [5, 5.41) is 2.72. The molecule has 6 nitrogen and oxygen atoms in total. The molecule has 164 valence electrons. The third-order valence-corrected chi connectivity index (χ3v) is 6.08. The van der Waals surface area contributed by atoms with Gasteiger partial charge in [-0.2, -0.15) is 0 Å². The molecular formula is C23H32N2O4S. The standard InChI is InChI=1S/C23H32N2O4S/c1-18-7-11-20(12-8-18)29-17-5-6-22(26)24-15-16-25-30(27,28)21-13-9-19(10-14-21)23(2,3)4/h7-14,25H,5-6,15-17H2,1-4H3,(H,24,26). The predicted molar refractivity (Wildman–Crippen MR) is 119 cm³/mol. The molecule has 0 radical (unpaired) electrons. The lowest BCUT2D eigenvalue weighted by Crippen LogP contribution is -2.34. The number of hydrogen-bond donors (Lipinski definition) is 2. The van der Waals surface area contributed by atoms with Crippen molar-refractivity contribution >= 4 is 15.9 Å². The van der Waals surface area contributed by atoms with Crippen LogP contribution in [0.2, 0.25) is 0 Å². The maximum absolute atomic E-state index is 12.4. The third-order valence-electron chi connectivity index (χ3n) is 4.61. The van der Waals surface area contributed by atoms with Gasteiger partial charge in [-0.15, -0.1) is 0 Å². The van der Waals surface area contributed by atoms with Crippen LogP contribution in [-0.4, -0.2) is 34.0 Å². The van der Waals surface area contributed by atoms with Gasteiger partial charge in [-0.3, -0.25) is 4.79 Å². The fourth-order valence-electron chi connectivity index (χ4n) is 2.75. The number of nitrogens with one attached hydrogen (secondary N) is 2. The van der Waals surface area contributed by atoms with Crippen LogP contribution in [0.4, 0.5) is 0 Å². The Labute approximate surface area is 180 Å². The molecule has 7 heteroatoms. The van der Waals surface area contributed by atoms with Crippen LogP contribution in [-0.2, 0) is 20.2 Å². The second-order valence-electron chi connectivity index (χ2n) is 8.29. The zero-order chi connectivity index (χ0) is 22.2. The highest BCUT2D eigenvalue weighted by Gasteiger charge is 2.17. The van der Waals surface area contributed by atoms with Gasteiger partial charge in [0.25, 0.3) is 0 Å². The minimum atomic E-state index is -3.60. The molecule has 2 N–H and O–H groups in total. The van der Waals surface area contributed by atoms with Crippen molar-refractivity contribution in [3.63, 3.8) is 0 Å². The van der Waals surface area contributed by atoms with Crippen LogP contribution in [0.1, 0.15) is 44.7 Å². The second kappa shape index (κ2) is 10.6. The second-order valence-corrected chi connectivity index (χ2v) is 10.1. The first-order chi connectivity index (χ1) is 14.1. The first kappa shape index (κ1) is 23.9. The zero-order valence-corrected chi connectivity index (χ0v) is 19.0. The van der Waals surface area contributed by atoms with Crippen molar-refractivity contribution in [2.45, 2.75) is 50.8 Å². The number of amides is 1. The summed E-state index contributed by atoms with van der Waals surface area (Å²) in [6.07, 6.45) is 0.915. The molecule has 0 spiro atoms. The summed E-state index contributed by atoms with van der Waals surface area (Å²) in [6, 6.07) is 14.6. The highest BCUT2D eigenvalue weighted by molar-refractivity contribution is 7.89. The summed E-state index contributed by atoms with van der Waals surface area (Å²) < 4.78 is 32.8. The predicted octanol–water partition coefficient (Wildman–Crippen LogP) is 3.55. The van der Waals surface area contributed by atoms with E-state index in [1.165, 1.54) is 5.56 Å². The van der Waals surface area contributed by atoms with Gasteiger partial charge in [0, 0.05) is 19.5 Å². The van der Waals surface area contributed by atoms with E-state index in [4.69, 9.17) is 4.74 Å². The van der Waals surface area contributed by atoms with Crippen LogP contribution in [0.3, 0.4) is 0 Å². The lowest BCUT2D eigenvalue weighted by molar-refractivity contribution is -0.121. The average Bonchev–Trinajstić information content (AvgIpc) is 2.69. The number of benzene rings is 2. The Hall–Kier alpha value is -2.38. The van der Waals surface area contributed by atoms with Crippen LogP contribution >= 0.6 is 0 Å². The summed E-state index contributed by atoms with van der Waals surface area (Å²) in [7, 11) is -3.60. The maximum Gasteiger partial charge on any atom is 0.240 e. The molecule has 2 rings (SSSR count). The summed E-state index contributed by atoms with van der Waals surface area (Å²) in [6.45, 7) is 9.06. The van der Waals surface area contributed by atoms with Crippen molar-refractivity contribution in [1.82, 2.24) is 10.0 Å². The molecule has 0 heterocycles. The van der Waals surface area contributed by atoms with Crippen LogP contribution in [0.5, 0.6) is 5.75 Å². The van der Waals surface area contributed by atoms with Gasteiger partial charge in [0.05, 0.1) is 11.5 Å². The molecule has 30 heavy (non-hydrogen) atoms. The van der Waals surface area contributed by atoms with Gasteiger partial charge in [-0.25, -0.2) is 13.1 Å². The number of carbonyl (C=O) groups is 1. The SMILES string of the molecule is Cc1ccc(OCCCC(=O)NCCNS(=O)(=O)c2ccc(C(C)(C)C)cc2)cc1. The Kier molecular flexibility index (Phi) is 8.43. The number of aryl methyl sites for hydroxylation is 1. The van der Waals surface area contributed by atoms with Gasteiger partial charge in [0.1, 0.15) is 5.75 Å². The zero-order valence-electron chi connectivity index (χ0n) is 18.2. The summed E-state index contributed by atoms with van der Waals surface area (Å²) in [5.41, 5.74) is 2.20. The van der Waals surface area contributed by atoms with Crippen molar-refractivity contribution in [2.24, 2.45) is 0 Å². The third kappa shape index (κ3) is 7.80. The summed E-state index contributed by atoms with van der Waals surface area (Å²) >= 11 is 0. The quantitative estimate of drug-likeness (QED) is 0.563. The highest BCUT2D eigenvalue weighted by Crippen LogP contribution is 2.23. The van der Waals surface area contributed by atoms with Gasteiger partial charge in [0.2, 0.25) is 15.9 Å². The van der Waals surface area contributed by atoms with Crippen LogP contribution in [0.15, 0.2) is 53.4 Å². The molecule has 0 bridgehead atoms. The molecule has 2 aromatic carbocycles. The molecule has 0 fully saturated rings. The van der Waals surface area contributed by atoms with Crippen LogP contribution in [0, 0.1) is 6.92 Å². The van der Waals surface area contributed by atoms with E-state index in [1.807, 2.05) is 43.3 Å².